The third kappa shape index (κ3) is 3.29. The molecule has 3 heteroatoms. The van der Waals surface area contributed by atoms with Gasteiger partial charge in [-0.1, -0.05) is 68.4 Å². The first-order valence-corrected chi connectivity index (χ1v) is 9.99. The molecule has 0 fully saturated rings. The number of anilines is 2. The maximum atomic E-state index is 13.4. The standard InChI is InChI=1S/C25H26N2O/c1-3-22-18(2)24(26-20-14-8-5-9-15-20)21-16-10-11-17-23(21)27(22)25(28)19-12-6-4-7-13-19/h4-18,22,24,26H,3H2,1-2H3/t18-,22+,24+/m0/s1. The molecule has 3 nitrogen and oxygen atoms in total. The molecule has 1 amide bonds. The molecule has 0 saturated carbocycles. The average Bonchev–Trinajstić information content (AvgIpc) is 2.76. The molecule has 0 unspecified atom stereocenters. The minimum Gasteiger partial charge on any atom is -0.378 e. The molecule has 142 valence electrons. The molecule has 4 rings (SSSR count). The molecule has 0 spiro atoms. The quantitative estimate of drug-likeness (QED) is 0.619. The molecule has 1 aliphatic rings. The van der Waals surface area contributed by atoms with Gasteiger partial charge in [0.2, 0.25) is 0 Å². The molecule has 3 aromatic rings. The van der Waals surface area contributed by atoms with Gasteiger partial charge in [-0.25, -0.2) is 0 Å². The van der Waals surface area contributed by atoms with E-state index >= 15 is 0 Å². The van der Waals surface area contributed by atoms with Gasteiger partial charge >= 0.3 is 0 Å². The van der Waals surface area contributed by atoms with E-state index in [2.05, 4.69) is 49.5 Å². The zero-order valence-electron chi connectivity index (χ0n) is 16.4. The zero-order chi connectivity index (χ0) is 19.5. The maximum absolute atomic E-state index is 13.4. The van der Waals surface area contributed by atoms with E-state index in [0.717, 1.165) is 23.4 Å². The Kier molecular flexibility index (Phi) is 5.16. The Morgan fingerprint density at radius 3 is 2.18 bits per heavy atom. The number of para-hydroxylation sites is 2. The molecule has 0 bridgehead atoms. The van der Waals surface area contributed by atoms with E-state index in [1.807, 2.05) is 59.5 Å². The number of nitrogens with one attached hydrogen (secondary N) is 1. The predicted octanol–water partition coefficient (Wildman–Crippen LogP) is 5.91. The van der Waals surface area contributed by atoms with Crippen molar-refractivity contribution in [1.82, 2.24) is 0 Å². The second-order valence-electron chi connectivity index (χ2n) is 7.42. The number of benzene rings is 3. The Labute approximate surface area is 167 Å². The van der Waals surface area contributed by atoms with Crippen molar-refractivity contribution in [3.8, 4) is 0 Å². The van der Waals surface area contributed by atoms with Gasteiger partial charge in [0.05, 0.1) is 6.04 Å². The molecule has 1 N–H and O–H groups in total. The molecule has 28 heavy (non-hydrogen) atoms. The molecule has 0 radical (unpaired) electrons. The fraction of sp³-hybridized carbons (Fsp3) is 0.240. The smallest absolute Gasteiger partial charge is 0.258 e. The van der Waals surface area contributed by atoms with Gasteiger partial charge in [0.1, 0.15) is 0 Å². The largest absolute Gasteiger partial charge is 0.378 e. The van der Waals surface area contributed by atoms with Crippen LogP contribution in [0.4, 0.5) is 11.4 Å². The normalized spacial score (nSPS) is 21.1. The van der Waals surface area contributed by atoms with Crippen LogP contribution < -0.4 is 10.2 Å². The van der Waals surface area contributed by atoms with Crippen molar-refractivity contribution in [3.63, 3.8) is 0 Å². The van der Waals surface area contributed by atoms with Gasteiger partial charge in [-0.15, -0.1) is 0 Å². The third-order valence-electron chi connectivity index (χ3n) is 5.75. The third-order valence-corrected chi connectivity index (χ3v) is 5.75. The molecule has 3 atom stereocenters. The van der Waals surface area contributed by atoms with Crippen molar-refractivity contribution in [1.29, 1.82) is 0 Å². The molecular formula is C25H26N2O. The Morgan fingerprint density at radius 2 is 1.50 bits per heavy atom. The van der Waals surface area contributed by atoms with Crippen molar-refractivity contribution in [2.75, 3.05) is 10.2 Å². The first-order chi connectivity index (χ1) is 13.7. The van der Waals surface area contributed by atoms with Crippen molar-refractivity contribution in [2.24, 2.45) is 5.92 Å². The number of carbonyl (C=O) groups excluding carboxylic acids is 1. The molecule has 0 saturated heterocycles. The summed E-state index contributed by atoms with van der Waals surface area (Å²) in [5, 5.41) is 3.71. The van der Waals surface area contributed by atoms with Gasteiger partial charge < -0.3 is 10.2 Å². The number of nitrogens with zero attached hydrogens (tertiary/aromatic N) is 1. The number of hydrogen-bond acceptors (Lipinski definition) is 2. The Hall–Kier alpha value is -3.07. The van der Waals surface area contributed by atoms with Crippen molar-refractivity contribution >= 4 is 17.3 Å². The van der Waals surface area contributed by atoms with Crippen LogP contribution in [0, 0.1) is 5.92 Å². The highest BCUT2D eigenvalue weighted by Gasteiger charge is 2.40. The van der Waals surface area contributed by atoms with E-state index < -0.39 is 0 Å². The van der Waals surface area contributed by atoms with Crippen molar-refractivity contribution in [2.45, 2.75) is 32.4 Å². The lowest BCUT2D eigenvalue weighted by molar-refractivity contribution is 0.0960. The van der Waals surface area contributed by atoms with Crippen LogP contribution in [0.1, 0.15) is 42.2 Å². The van der Waals surface area contributed by atoms with Crippen LogP contribution in [0.15, 0.2) is 84.9 Å². The second-order valence-corrected chi connectivity index (χ2v) is 7.42. The van der Waals surface area contributed by atoms with E-state index in [4.69, 9.17) is 0 Å². The highest BCUT2D eigenvalue weighted by Crippen LogP contribution is 2.43. The highest BCUT2D eigenvalue weighted by atomic mass is 16.2. The minimum atomic E-state index is 0.0740. The van der Waals surface area contributed by atoms with E-state index in [-0.39, 0.29) is 23.9 Å². The second kappa shape index (κ2) is 7.89. The van der Waals surface area contributed by atoms with Crippen LogP contribution in [-0.2, 0) is 0 Å². The first-order valence-electron chi connectivity index (χ1n) is 9.99. The van der Waals surface area contributed by atoms with Gasteiger partial charge in [0, 0.05) is 28.9 Å². The lowest BCUT2D eigenvalue weighted by atomic mass is 9.80. The number of fused-ring (bicyclic) bond motifs is 1. The van der Waals surface area contributed by atoms with Gasteiger partial charge in [-0.05, 0) is 42.3 Å². The number of rotatable bonds is 4. The lowest BCUT2D eigenvalue weighted by Crippen LogP contribution is -2.50. The van der Waals surface area contributed by atoms with E-state index in [9.17, 15) is 4.79 Å². The number of hydrogen-bond donors (Lipinski definition) is 1. The number of amides is 1. The van der Waals surface area contributed by atoms with Crippen molar-refractivity contribution in [3.05, 3.63) is 96.1 Å². The Balaban J connectivity index is 1.77. The Morgan fingerprint density at radius 1 is 0.893 bits per heavy atom. The summed E-state index contributed by atoms with van der Waals surface area (Å²) >= 11 is 0. The maximum Gasteiger partial charge on any atom is 0.258 e. The molecular weight excluding hydrogens is 344 g/mol. The monoisotopic (exact) mass is 370 g/mol. The molecule has 0 aromatic heterocycles. The number of carbonyl (C=O) groups is 1. The summed E-state index contributed by atoms with van der Waals surface area (Å²) in [7, 11) is 0. The van der Waals surface area contributed by atoms with Crippen LogP contribution in [0.25, 0.3) is 0 Å². The summed E-state index contributed by atoms with van der Waals surface area (Å²) < 4.78 is 0. The predicted molar refractivity (Wildman–Crippen MR) is 116 cm³/mol. The van der Waals surface area contributed by atoms with Gasteiger partial charge in [0.15, 0.2) is 0 Å². The summed E-state index contributed by atoms with van der Waals surface area (Å²) in [4.78, 5) is 15.5. The van der Waals surface area contributed by atoms with Crippen LogP contribution in [0.5, 0.6) is 0 Å². The van der Waals surface area contributed by atoms with E-state index in [0.29, 0.717) is 0 Å². The summed E-state index contributed by atoms with van der Waals surface area (Å²) in [6.07, 6.45) is 0.904. The van der Waals surface area contributed by atoms with Gasteiger partial charge in [-0.3, -0.25) is 4.79 Å². The van der Waals surface area contributed by atoms with E-state index in [1.54, 1.807) is 0 Å². The summed E-state index contributed by atoms with van der Waals surface area (Å²) in [6.45, 7) is 4.41. The first kappa shape index (κ1) is 18.3. The summed E-state index contributed by atoms with van der Waals surface area (Å²) in [5.74, 6) is 0.345. The Bertz CT molecular complexity index is 939. The molecule has 1 aliphatic heterocycles. The highest BCUT2D eigenvalue weighted by molar-refractivity contribution is 6.07. The van der Waals surface area contributed by atoms with Crippen LogP contribution in [0.3, 0.4) is 0 Å². The zero-order valence-corrected chi connectivity index (χ0v) is 16.4. The summed E-state index contributed by atoms with van der Waals surface area (Å²) in [5.41, 5.74) is 4.02. The van der Waals surface area contributed by atoms with E-state index in [1.165, 1.54) is 5.56 Å². The molecule has 1 heterocycles. The molecule has 0 aliphatic carbocycles. The van der Waals surface area contributed by atoms with Crippen LogP contribution in [0.2, 0.25) is 0 Å². The minimum absolute atomic E-state index is 0.0740. The van der Waals surface area contributed by atoms with Crippen LogP contribution >= 0.6 is 0 Å². The SMILES string of the molecule is CC[C@@H]1[C@H](C)[C@@H](Nc2ccccc2)c2ccccc2N1C(=O)c1ccccc1. The van der Waals surface area contributed by atoms with Crippen LogP contribution in [-0.4, -0.2) is 11.9 Å². The molecule has 3 aromatic carbocycles. The van der Waals surface area contributed by atoms with Gasteiger partial charge in [-0.2, -0.15) is 0 Å². The topological polar surface area (TPSA) is 32.3 Å². The summed E-state index contributed by atoms with van der Waals surface area (Å²) in [6, 6.07) is 28.5. The fourth-order valence-corrected chi connectivity index (χ4v) is 4.35. The van der Waals surface area contributed by atoms with Gasteiger partial charge in [0.25, 0.3) is 5.91 Å². The average molecular weight is 370 g/mol. The lowest BCUT2D eigenvalue weighted by Gasteiger charge is -2.45. The van der Waals surface area contributed by atoms with Crippen molar-refractivity contribution < 1.29 is 4.79 Å². The fourth-order valence-electron chi connectivity index (χ4n) is 4.35.